The minimum atomic E-state index is -0.128. The normalized spacial score (nSPS) is 16.7. The highest BCUT2D eigenvalue weighted by molar-refractivity contribution is 7.80. The van der Waals surface area contributed by atoms with E-state index < -0.39 is 0 Å². The summed E-state index contributed by atoms with van der Waals surface area (Å²) in [6.07, 6.45) is 3.74. The van der Waals surface area contributed by atoms with E-state index in [4.69, 9.17) is 26.9 Å². The van der Waals surface area contributed by atoms with Crippen LogP contribution < -0.4 is 15.0 Å². The molecule has 1 saturated heterocycles. The Balaban J connectivity index is 1.40. The standard InChI is InChI=1S/C33H31N5OS/c1-21-8-13-26(14-9-21)39-27-15-11-25(12-16-27)38-32(31(36-33(38)40)29-7-5-6-18-34-29)28-19-23(3)37(24(28)4)30-17-10-22(2)20-35-30/h5-20,31-32H,1-4H3,(H,36,40)/t31-,32-/m1/s1. The third-order valence-corrected chi connectivity index (χ3v) is 7.70. The van der Waals surface area contributed by atoms with Gasteiger partial charge in [-0.3, -0.25) is 4.98 Å². The van der Waals surface area contributed by atoms with Gasteiger partial charge in [0, 0.05) is 29.5 Å². The van der Waals surface area contributed by atoms with Crippen LogP contribution in [0.5, 0.6) is 11.5 Å². The molecule has 200 valence electrons. The molecule has 0 amide bonds. The molecule has 0 bridgehead atoms. The van der Waals surface area contributed by atoms with E-state index in [1.54, 1.807) is 0 Å². The molecule has 2 atom stereocenters. The van der Waals surface area contributed by atoms with Crippen molar-refractivity contribution in [3.63, 3.8) is 0 Å². The Hall–Kier alpha value is -4.49. The van der Waals surface area contributed by atoms with E-state index in [1.807, 2.05) is 60.9 Å². The molecule has 3 aromatic heterocycles. The summed E-state index contributed by atoms with van der Waals surface area (Å²) in [6, 6.07) is 28.3. The summed E-state index contributed by atoms with van der Waals surface area (Å²) >= 11 is 5.95. The van der Waals surface area contributed by atoms with Gasteiger partial charge in [-0.25, -0.2) is 4.98 Å². The zero-order valence-corrected chi connectivity index (χ0v) is 23.8. The molecule has 7 heteroatoms. The molecular formula is C33H31N5OS. The van der Waals surface area contributed by atoms with Gasteiger partial charge in [-0.05, 0) is 112 Å². The van der Waals surface area contributed by atoms with Crippen LogP contribution in [0.3, 0.4) is 0 Å². The van der Waals surface area contributed by atoms with Crippen LogP contribution in [0.25, 0.3) is 5.82 Å². The maximum atomic E-state index is 6.09. The van der Waals surface area contributed by atoms with Gasteiger partial charge < -0.3 is 19.5 Å². The molecule has 6 nitrogen and oxygen atoms in total. The van der Waals surface area contributed by atoms with Crippen molar-refractivity contribution in [3.8, 4) is 17.3 Å². The minimum Gasteiger partial charge on any atom is -0.457 e. The predicted molar refractivity (Wildman–Crippen MR) is 163 cm³/mol. The van der Waals surface area contributed by atoms with Crippen LogP contribution in [0.1, 0.15) is 45.9 Å². The Morgan fingerprint density at radius 3 is 2.15 bits per heavy atom. The molecule has 1 aliphatic rings. The first-order valence-electron chi connectivity index (χ1n) is 13.4. The topological polar surface area (TPSA) is 55.2 Å². The molecule has 4 heterocycles. The fourth-order valence-electron chi connectivity index (χ4n) is 5.40. The summed E-state index contributed by atoms with van der Waals surface area (Å²) < 4.78 is 8.30. The first-order valence-corrected chi connectivity index (χ1v) is 13.8. The minimum absolute atomic E-state index is 0.114. The largest absolute Gasteiger partial charge is 0.457 e. The third-order valence-electron chi connectivity index (χ3n) is 7.38. The molecule has 40 heavy (non-hydrogen) atoms. The molecule has 6 rings (SSSR count). The quantitative estimate of drug-likeness (QED) is 0.223. The van der Waals surface area contributed by atoms with Gasteiger partial charge in [0.25, 0.3) is 0 Å². The van der Waals surface area contributed by atoms with Gasteiger partial charge in [0.15, 0.2) is 5.11 Å². The molecule has 0 saturated carbocycles. The molecule has 5 aromatic rings. The van der Waals surface area contributed by atoms with E-state index in [9.17, 15) is 0 Å². The lowest BCUT2D eigenvalue weighted by molar-refractivity contribution is 0.482. The summed E-state index contributed by atoms with van der Waals surface area (Å²) in [4.78, 5) is 11.6. The Morgan fingerprint density at radius 2 is 1.50 bits per heavy atom. The highest BCUT2D eigenvalue weighted by Gasteiger charge is 2.42. The molecule has 1 aliphatic heterocycles. The second-order valence-electron chi connectivity index (χ2n) is 10.3. The molecule has 1 fully saturated rings. The van der Waals surface area contributed by atoms with Crippen LogP contribution in [0.15, 0.2) is 97.3 Å². The van der Waals surface area contributed by atoms with Crippen LogP contribution in [-0.4, -0.2) is 19.6 Å². The highest BCUT2D eigenvalue weighted by Crippen LogP contribution is 2.44. The lowest BCUT2D eigenvalue weighted by atomic mass is 9.96. The molecule has 0 unspecified atom stereocenters. The maximum absolute atomic E-state index is 6.09. The number of ether oxygens (including phenoxy) is 1. The van der Waals surface area contributed by atoms with Crippen molar-refractivity contribution < 1.29 is 4.74 Å². The highest BCUT2D eigenvalue weighted by atomic mass is 32.1. The lowest BCUT2D eigenvalue weighted by Gasteiger charge is -2.28. The number of hydrogen-bond donors (Lipinski definition) is 1. The van der Waals surface area contributed by atoms with Crippen molar-refractivity contribution in [2.24, 2.45) is 0 Å². The molecule has 0 aliphatic carbocycles. The average molecular weight is 546 g/mol. The number of aromatic nitrogens is 3. The van der Waals surface area contributed by atoms with E-state index in [1.165, 1.54) is 11.1 Å². The summed E-state index contributed by atoms with van der Waals surface area (Å²) in [5.74, 6) is 2.48. The van der Waals surface area contributed by atoms with E-state index in [-0.39, 0.29) is 12.1 Å². The average Bonchev–Trinajstić information content (AvgIpc) is 3.46. The predicted octanol–water partition coefficient (Wildman–Crippen LogP) is 7.47. The molecule has 0 spiro atoms. The Morgan fingerprint density at radius 1 is 0.800 bits per heavy atom. The lowest BCUT2D eigenvalue weighted by Crippen LogP contribution is -2.29. The van der Waals surface area contributed by atoms with E-state index >= 15 is 0 Å². The van der Waals surface area contributed by atoms with Gasteiger partial charge in [-0.15, -0.1) is 0 Å². The van der Waals surface area contributed by atoms with E-state index in [0.29, 0.717) is 5.11 Å². The third kappa shape index (κ3) is 4.84. The Labute approximate surface area is 240 Å². The van der Waals surface area contributed by atoms with Crippen LogP contribution in [-0.2, 0) is 0 Å². The van der Waals surface area contributed by atoms with E-state index in [0.717, 1.165) is 45.6 Å². The zero-order chi connectivity index (χ0) is 27.8. The van der Waals surface area contributed by atoms with Gasteiger partial charge in [0.1, 0.15) is 17.3 Å². The molecule has 1 N–H and O–H groups in total. The van der Waals surface area contributed by atoms with E-state index in [2.05, 4.69) is 78.9 Å². The summed E-state index contributed by atoms with van der Waals surface area (Å²) in [7, 11) is 0. The Kier molecular flexibility index (Phi) is 6.82. The van der Waals surface area contributed by atoms with Crippen molar-refractivity contribution >= 4 is 23.0 Å². The van der Waals surface area contributed by atoms with Gasteiger partial charge in [-0.1, -0.05) is 29.8 Å². The number of nitrogens with one attached hydrogen (secondary N) is 1. The second-order valence-corrected chi connectivity index (χ2v) is 10.6. The van der Waals surface area contributed by atoms with Crippen LogP contribution in [0.4, 0.5) is 5.69 Å². The van der Waals surface area contributed by atoms with Gasteiger partial charge in [-0.2, -0.15) is 0 Å². The van der Waals surface area contributed by atoms with Crippen LogP contribution in [0, 0.1) is 27.7 Å². The van der Waals surface area contributed by atoms with Crippen LogP contribution in [0.2, 0.25) is 0 Å². The van der Waals surface area contributed by atoms with Crippen LogP contribution >= 0.6 is 12.2 Å². The van der Waals surface area contributed by atoms with Crippen molar-refractivity contribution in [3.05, 3.63) is 131 Å². The monoisotopic (exact) mass is 545 g/mol. The summed E-state index contributed by atoms with van der Waals surface area (Å²) in [5, 5.41) is 4.23. The summed E-state index contributed by atoms with van der Waals surface area (Å²) in [5.41, 5.74) is 7.66. The number of hydrogen-bond acceptors (Lipinski definition) is 4. The molecule has 0 radical (unpaired) electrons. The maximum Gasteiger partial charge on any atom is 0.174 e. The van der Waals surface area contributed by atoms with Crippen molar-refractivity contribution in [1.82, 2.24) is 19.9 Å². The first-order chi connectivity index (χ1) is 19.4. The molecule has 2 aromatic carbocycles. The summed E-state index contributed by atoms with van der Waals surface area (Å²) in [6.45, 7) is 8.39. The van der Waals surface area contributed by atoms with Crippen molar-refractivity contribution in [1.29, 1.82) is 0 Å². The zero-order valence-electron chi connectivity index (χ0n) is 23.0. The SMILES string of the molecule is Cc1ccc(Oc2ccc(N3C(=S)N[C@H](c4ccccn4)[C@H]3c3cc(C)n(-c4ccc(C)cn4)c3C)cc2)cc1. The fraction of sp³-hybridized carbons (Fsp3) is 0.182. The van der Waals surface area contributed by atoms with Crippen molar-refractivity contribution in [2.75, 3.05) is 4.90 Å². The number of benzene rings is 2. The van der Waals surface area contributed by atoms with Gasteiger partial charge in [0.2, 0.25) is 0 Å². The fourth-order valence-corrected chi connectivity index (χ4v) is 5.74. The van der Waals surface area contributed by atoms with Crippen molar-refractivity contribution in [2.45, 2.75) is 39.8 Å². The molecular weight excluding hydrogens is 514 g/mol. The second kappa shape index (κ2) is 10.6. The number of thiocarbonyl (C=S) groups is 1. The number of pyridine rings is 2. The van der Waals surface area contributed by atoms with Gasteiger partial charge in [0.05, 0.1) is 17.8 Å². The number of aryl methyl sites for hydroxylation is 3. The number of anilines is 1. The van der Waals surface area contributed by atoms with Gasteiger partial charge >= 0.3 is 0 Å². The first kappa shape index (κ1) is 25.8. The smallest absolute Gasteiger partial charge is 0.174 e. The number of nitrogens with zero attached hydrogens (tertiary/aromatic N) is 4. The Bertz CT molecular complexity index is 1640. The number of rotatable bonds is 6.